The molecule has 2 rings (SSSR count). The molecular weight excluding hydrogens is 174 g/mol. The van der Waals surface area contributed by atoms with Gasteiger partial charge in [-0.05, 0) is 30.9 Å². The van der Waals surface area contributed by atoms with Gasteiger partial charge in [0, 0.05) is 13.1 Å². The second kappa shape index (κ2) is 3.56. The zero-order valence-electron chi connectivity index (χ0n) is 9.07. The summed E-state index contributed by atoms with van der Waals surface area (Å²) in [5.74, 6) is 2.54. The van der Waals surface area contributed by atoms with Gasteiger partial charge in [-0.1, -0.05) is 13.8 Å². The van der Waals surface area contributed by atoms with E-state index in [0.717, 1.165) is 36.4 Å². The lowest BCUT2D eigenvalue weighted by Gasteiger charge is -2.15. The number of hydrogen-bond donors (Lipinski definition) is 0. The van der Waals surface area contributed by atoms with Gasteiger partial charge in [0.1, 0.15) is 0 Å². The van der Waals surface area contributed by atoms with E-state index in [0.29, 0.717) is 0 Å². The highest BCUT2D eigenvalue weighted by molar-refractivity contribution is 5.38. The van der Waals surface area contributed by atoms with Crippen molar-refractivity contribution in [2.75, 3.05) is 18.0 Å². The summed E-state index contributed by atoms with van der Waals surface area (Å²) in [5.41, 5.74) is 0.981. The summed E-state index contributed by atoms with van der Waals surface area (Å²) in [5, 5.41) is 8.29. The molecule has 0 bridgehead atoms. The third-order valence-electron chi connectivity index (χ3n) is 3.10. The van der Waals surface area contributed by atoms with Gasteiger partial charge in [0.05, 0.1) is 5.69 Å². The summed E-state index contributed by atoms with van der Waals surface area (Å²) >= 11 is 0. The van der Waals surface area contributed by atoms with Gasteiger partial charge in [-0.15, -0.1) is 5.10 Å². The van der Waals surface area contributed by atoms with Crippen LogP contribution in [0.4, 0.5) is 5.82 Å². The van der Waals surface area contributed by atoms with Crippen LogP contribution in [0.1, 0.15) is 19.5 Å². The number of hydrogen-bond acceptors (Lipinski definition) is 3. The van der Waals surface area contributed by atoms with Gasteiger partial charge in [-0.3, -0.25) is 0 Å². The molecule has 0 N–H and O–H groups in total. The van der Waals surface area contributed by atoms with E-state index in [-0.39, 0.29) is 0 Å². The predicted octanol–water partition coefficient (Wildman–Crippen LogP) is 1.88. The molecule has 1 aromatic heterocycles. The van der Waals surface area contributed by atoms with Gasteiger partial charge < -0.3 is 4.90 Å². The summed E-state index contributed by atoms with van der Waals surface area (Å²) in [4.78, 5) is 2.32. The predicted molar refractivity (Wildman–Crippen MR) is 57.3 cm³/mol. The lowest BCUT2D eigenvalue weighted by Crippen LogP contribution is -2.21. The Labute approximate surface area is 85.1 Å². The van der Waals surface area contributed by atoms with Crippen LogP contribution >= 0.6 is 0 Å². The van der Waals surface area contributed by atoms with E-state index in [1.807, 2.05) is 13.0 Å². The third kappa shape index (κ3) is 1.72. The van der Waals surface area contributed by atoms with Crippen LogP contribution < -0.4 is 4.90 Å². The number of aryl methyl sites for hydroxylation is 1. The van der Waals surface area contributed by atoms with E-state index in [1.165, 1.54) is 0 Å². The van der Waals surface area contributed by atoms with Crippen molar-refractivity contribution < 1.29 is 0 Å². The van der Waals surface area contributed by atoms with Gasteiger partial charge in [0.15, 0.2) is 5.82 Å². The van der Waals surface area contributed by atoms with E-state index < -0.39 is 0 Å². The molecule has 0 aliphatic carbocycles. The first-order valence-corrected chi connectivity index (χ1v) is 5.22. The summed E-state index contributed by atoms with van der Waals surface area (Å²) < 4.78 is 0. The fourth-order valence-electron chi connectivity index (χ4n) is 1.88. The average Bonchev–Trinajstić information content (AvgIpc) is 2.48. The number of nitrogens with zero attached hydrogens (tertiary/aromatic N) is 3. The van der Waals surface area contributed by atoms with Crippen LogP contribution in [0.3, 0.4) is 0 Å². The highest BCUT2D eigenvalue weighted by Crippen LogP contribution is 2.25. The first-order chi connectivity index (χ1) is 6.66. The Bertz CT molecular complexity index is 297. The maximum Gasteiger partial charge on any atom is 0.151 e. The molecule has 0 radical (unpaired) electrons. The van der Waals surface area contributed by atoms with E-state index in [1.54, 1.807) is 0 Å². The summed E-state index contributed by atoms with van der Waals surface area (Å²) in [6, 6.07) is 4.09. The van der Waals surface area contributed by atoms with E-state index >= 15 is 0 Å². The van der Waals surface area contributed by atoms with Crippen LogP contribution in [0.5, 0.6) is 0 Å². The van der Waals surface area contributed by atoms with Gasteiger partial charge in [-0.2, -0.15) is 5.10 Å². The fourth-order valence-corrected chi connectivity index (χ4v) is 1.88. The molecule has 3 heteroatoms. The minimum Gasteiger partial charge on any atom is -0.355 e. The van der Waals surface area contributed by atoms with Crippen LogP contribution in [0, 0.1) is 18.8 Å². The standard InChI is InChI=1S/C11H17N3/c1-8-6-14(7-9(8)2)11-5-4-10(3)12-13-11/h4-5,8-9H,6-7H2,1-3H3/t8-,9+. The van der Waals surface area contributed by atoms with Crippen LogP contribution in [0.15, 0.2) is 12.1 Å². The Morgan fingerprint density at radius 3 is 2.29 bits per heavy atom. The summed E-state index contributed by atoms with van der Waals surface area (Å²) in [6.45, 7) is 8.78. The number of anilines is 1. The van der Waals surface area contributed by atoms with Crippen molar-refractivity contribution in [3.8, 4) is 0 Å². The molecule has 1 aliphatic heterocycles. The van der Waals surface area contributed by atoms with Crippen molar-refractivity contribution in [1.29, 1.82) is 0 Å². The van der Waals surface area contributed by atoms with Crippen molar-refractivity contribution in [1.82, 2.24) is 10.2 Å². The highest BCUT2D eigenvalue weighted by atomic mass is 15.3. The molecule has 1 fully saturated rings. The normalized spacial score (nSPS) is 26.9. The Morgan fingerprint density at radius 2 is 1.79 bits per heavy atom. The van der Waals surface area contributed by atoms with Crippen molar-refractivity contribution in [3.05, 3.63) is 17.8 Å². The molecule has 0 spiro atoms. The minimum absolute atomic E-state index is 0.762. The molecule has 1 aromatic rings. The third-order valence-corrected chi connectivity index (χ3v) is 3.10. The quantitative estimate of drug-likeness (QED) is 0.678. The lowest BCUT2D eigenvalue weighted by atomic mass is 10.0. The summed E-state index contributed by atoms with van der Waals surface area (Å²) in [6.07, 6.45) is 0. The monoisotopic (exact) mass is 191 g/mol. The Balaban J connectivity index is 2.13. The fraction of sp³-hybridized carbons (Fsp3) is 0.636. The van der Waals surface area contributed by atoms with Gasteiger partial charge >= 0.3 is 0 Å². The van der Waals surface area contributed by atoms with Crippen molar-refractivity contribution in [2.45, 2.75) is 20.8 Å². The van der Waals surface area contributed by atoms with Crippen LogP contribution in [0.2, 0.25) is 0 Å². The molecule has 0 aromatic carbocycles. The first kappa shape index (κ1) is 9.44. The zero-order valence-corrected chi connectivity index (χ0v) is 9.07. The Kier molecular flexibility index (Phi) is 2.40. The number of rotatable bonds is 1. The second-order valence-electron chi connectivity index (χ2n) is 4.39. The first-order valence-electron chi connectivity index (χ1n) is 5.22. The molecule has 76 valence electrons. The molecule has 14 heavy (non-hydrogen) atoms. The molecular formula is C11H17N3. The molecule has 3 nitrogen and oxygen atoms in total. The highest BCUT2D eigenvalue weighted by Gasteiger charge is 2.26. The minimum atomic E-state index is 0.762. The van der Waals surface area contributed by atoms with Crippen LogP contribution in [-0.2, 0) is 0 Å². The molecule has 0 unspecified atom stereocenters. The average molecular weight is 191 g/mol. The van der Waals surface area contributed by atoms with Crippen molar-refractivity contribution in [2.24, 2.45) is 11.8 Å². The smallest absolute Gasteiger partial charge is 0.151 e. The maximum atomic E-state index is 4.21. The second-order valence-corrected chi connectivity index (χ2v) is 4.39. The topological polar surface area (TPSA) is 29.0 Å². The molecule has 2 atom stereocenters. The van der Waals surface area contributed by atoms with Crippen molar-refractivity contribution >= 4 is 5.82 Å². The van der Waals surface area contributed by atoms with Gasteiger partial charge in [0.2, 0.25) is 0 Å². The van der Waals surface area contributed by atoms with Gasteiger partial charge in [0.25, 0.3) is 0 Å². The largest absolute Gasteiger partial charge is 0.355 e. The van der Waals surface area contributed by atoms with Gasteiger partial charge in [-0.25, -0.2) is 0 Å². The SMILES string of the molecule is Cc1ccc(N2C[C@@H](C)[C@@H](C)C2)nn1. The molecule has 0 amide bonds. The number of aromatic nitrogens is 2. The molecule has 0 saturated carbocycles. The summed E-state index contributed by atoms with van der Waals surface area (Å²) in [7, 11) is 0. The molecule has 1 aliphatic rings. The van der Waals surface area contributed by atoms with Crippen molar-refractivity contribution in [3.63, 3.8) is 0 Å². The van der Waals surface area contributed by atoms with E-state index in [2.05, 4.69) is 35.0 Å². The van der Waals surface area contributed by atoms with E-state index in [9.17, 15) is 0 Å². The zero-order chi connectivity index (χ0) is 10.1. The molecule has 2 heterocycles. The Hall–Kier alpha value is -1.12. The lowest BCUT2D eigenvalue weighted by molar-refractivity contribution is 0.494. The van der Waals surface area contributed by atoms with E-state index in [4.69, 9.17) is 0 Å². The van der Waals surface area contributed by atoms with Crippen LogP contribution in [-0.4, -0.2) is 23.3 Å². The Morgan fingerprint density at radius 1 is 1.14 bits per heavy atom. The molecule has 1 saturated heterocycles. The maximum absolute atomic E-state index is 4.21. The van der Waals surface area contributed by atoms with Crippen LogP contribution in [0.25, 0.3) is 0 Å².